The van der Waals surface area contributed by atoms with Crippen LogP contribution < -0.4 is 0 Å². The molecule has 1 aromatic carbocycles. The Morgan fingerprint density at radius 3 is 1.77 bits per heavy atom. The van der Waals surface area contributed by atoms with Gasteiger partial charge in [0.2, 0.25) is 0 Å². The summed E-state index contributed by atoms with van der Waals surface area (Å²) in [5.41, 5.74) is 3.30. The van der Waals surface area contributed by atoms with Crippen LogP contribution in [0.25, 0.3) is 0 Å². The highest BCUT2D eigenvalue weighted by atomic mass is 16.5. The monoisotopic (exact) mass is 303 g/mol. The molecule has 1 amide bonds. The third-order valence-corrected chi connectivity index (χ3v) is 4.21. The van der Waals surface area contributed by atoms with Gasteiger partial charge in [-0.05, 0) is 34.1 Å². The van der Waals surface area contributed by atoms with Crippen LogP contribution in [0.5, 0.6) is 0 Å². The van der Waals surface area contributed by atoms with Crippen LogP contribution in [-0.4, -0.2) is 37.1 Å². The Hall–Kier alpha value is -1.35. The highest BCUT2D eigenvalue weighted by molar-refractivity contribution is 5.94. The molecule has 1 fully saturated rings. The average molecular weight is 303 g/mol. The van der Waals surface area contributed by atoms with E-state index < -0.39 is 0 Å². The van der Waals surface area contributed by atoms with Crippen molar-refractivity contribution in [3.63, 3.8) is 0 Å². The summed E-state index contributed by atoms with van der Waals surface area (Å²) in [5.74, 6) is 0.125. The quantitative estimate of drug-likeness (QED) is 0.790. The van der Waals surface area contributed by atoms with Gasteiger partial charge in [-0.2, -0.15) is 0 Å². The number of hydrogen-bond donors (Lipinski definition) is 0. The van der Waals surface area contributed by atoms with E-state index in [1.165, 1.54) is 11.1 Å². The summed E-state index contributed by atoms with van der Waals surface area (Å²) in [6, 6.07) is 6.37. The molecule has 0 atom stereocenters. The number of benzene rings is 1. The molecule has 1 aliphatic heterocycles. The Labute approximate surface area is 134 Å². The largest absolute Gasteiger partial charge is 0.378 e. The fourth-order valence-electron chi connectivity index (χ4n) is 2.57. The van der Waals surface area contributed by atoms with E-state index >= 15 is 0 Å². The Balaban J connectivity index is 2.43. The van der Waals surface area contributed by atoms with Crippen molar-refractivity contribution in [3.8, 4) is 0 Å². The van der Waals surface area contributed by atoms with Gasteiger partial charge in [0.15, 0.2) is 0 Å². The van der Waals surface area contributed by atoms with Crippen molar-refractivity contribution in [2.45, 2.75) is 52.4 Å². The predicted molar refractivity (Wildman–Crippen MR) is 90.6 cm³/mol. The van der Waals surface area contributed by atoms with E-state index in [-0.39, 0.29) is 16.7 Å². The van der Waals surface area contributed by atoms with Crippen LogP contribution in [0.1, 0.15) is 63.0 Å². The lowest BCUT2D eigenvalue weighted by molar-refractivity contribution is 0.0302. The lowest BCUT2D eigenvalue weighted by Crippen LogP contribution is -2.40. The van der Waals surface area contributed by atoms with Gasteiger partial charge in [0, 0.05) is 18.7 Å². The number of nitrogens with zero attached hydrogens (tertiary/aromatic N) is 1. The Morgan fingerprint density at radius 2 is 1.36 bits per heavy atom. The summed E-state index contributed by atoms with van der Waals surface area (Å²) >= 11 is 0. The first kappa shape index (κ1) is 17.0. The van der Waals surface area contributed by atoms with E-state index in [0.717, 1.165) is 5.56 Å². The van der Waals surface area contributed by atoms with Crippen LogP contribution in [0.2, 0.25) is 0 Å². The standard InChI is InChI=1S/C19H29NO2/c1-18(2,3)15-11-14(12-16(13-15)19(4,5)6)17(21)20-7-9-22-10-8-20/h11-13H,7-10H2,1-6H3. The van der Waals surface area contributed by atoms with Crippen LogP contribution in [0.15, 0.2) is 18.2 Å². The molecule has 1 saturated heterocycles. The van der Waals surface area contributed by atoms with Gasteiger partial charge in [-0.3, -0.25) is 4.79 Å². The second-order valence-electron chi connectivity index (χ2n) is 8.20. The van der Waals surface area contributed by atoms with E-state index in [1.807, 2.05) is 4.90 Å². The Morgan fingerprint density at radius 1 is 0.909 bits per heavy atom. The van der Waals surface area contributed by atoms with Crippen molar-refractivity contribution in [2.75, 3.05) is 26.3 Å². The molecule has 0 bridgehead atoms. The molecule has 122 valence electrons. The Bertz CT molecular complexity index is 511. The fraction of sp³-hybridized carbons (Fsp3) is 0.632. The van der Waals surface area contributed by atoms with Gasteiger partial charge in [0.1, 0.15) is 0 Å². The minimum Gasteiger partial charge on any atom is -0.378 e. The SMILES string of the molecule is CC(C)(C)c1cc(C(=O)N2CCOCC2)cc(C(C)(C)C)c1. The maximum absolute atomic E-state index is 12.8. The first-order valence-electron chi connectivity index (χ1n) is 8.12. The summed E-state index contributed by atoms with van der Waals surface area (Å²) in [6.07, 6.45) is 0. The molecular formula is C19H29NO2. The normalized spacial score (nSPS) is 16.7. The molecule has 0 saturated carbocycles. The second-order valence-corrected chi connectivity index (χ2v) is 8.20. The predicted octanol–water partition coefficient (Wildman–Crippen LogP) is 3.75. The number of hydrogen-bond acceptors (Lipinski definition) is 2. The minimum atomic E-state index is 0.0291. The lowest BCUT2D eigenvalue weighted by atomic mass is 9.79. The number of ether oxygens (including phenoxy) is 1. The van der Waals surface area contributed by atoms with Crippen LogP contribution in [0.4, 0.5) is 0 Å². The molecule has 1 heterocycles. The Kier molecular flexibility index (Phi) is 4.67. The van der Waals surface area contributed by atoms with Crippen molar-refractivity contribution in [1.29, 1.82) is 0 Å². The summed E-state index contributed by atoms with van der Waals surface area (Å²) in [4.78, 5) is 14.7. The molecule has 0 N–H and O–H groups in total. The van der Waals surface area contributed by atoms with Crippen molar-refractivity contribution < 1.29 is 9.53 Å². The van der Waals surface area contributed by atoms with Crippen molar-refractivity contribution in [3.05, 3.63) is 34.9 Å². The number of rotatable bonds is 1. The highest BCUT2D eigenvalue weighted by Gasteiger charge is 2.24. The molecule has 2 rings (SSSR count). The summed E-state index contributed by atoms with van der Waals surface area (Å²) in [5, 5.41) is 0. The molecule has 3 heteroatoms. The van der Waals surface area contributed by atoms with Crippen molar-refractivity contribution >= 4 is 5.91 Å². The first-order chi connectivity index (χ1) is 10.1. The van der Waals surface area contributed by atoms with E-state index in [0.29, 0.717) is 26.3 Å². The second kappa shape index (κ2) is 6.04. The topological polar surface area (TPSA) is 29.5 Å². The minimum absolute atomic E-state index is 0.0291. The zero-order valence-electron chi connectivity index (χ0n) is 14.8. The zero-order chi connectivity index (χ0) is 16.5. The average Bonchev–Trinajstić information content (AvgIpc) is 2.45. The van der Waals surface area contributed by atoms with Crippen LogP contribution in [0, 0.1) is 0 Å². The molecule has 1 aliphatic rings. The zero-order valence-corrected chi connectivity index (χ0v) is 14.8. The van der Waals surface area contributed by atoms with Gasteiger partial charge >= 0.3 is 0 Å². The number of amides is 1. The molecule has 1 aromatic rings. The van der Waals surface area contributed by atoms with Crippen LogP contribution in [-0.2, 0) is 15.6 Å². The van der Waals surface area contributed by atoms with E-state index in [2.05, 4.69) is 59.7 Å². The molecule has 22 heavy (non-hydrogen) atoms. The van der Waals surface area contributed by atoms with Gasteiger partial charge in [-0.1, -0.05) is 47.6 Å². The van der Waals surface area contributed by atoms with Crippen molar-refractivity contribution in [2.24, 2.45) is 0 Å². The van der Waals surface area contributed by atoms with E-state index in [4.69, 9.17) is 4.74 Å². The summed E-state index contributed by atoms with van der Waals surface area (Å²) in [6.45, 7) is 15.8. The third kappa shape index (κ3) is 3.89. The maximum atomic E-state index is 12.8. The van der Waals surface area contributed by atoms with Gasteiger partial charge in [-0.25, -0.2) is 0 Å². The van der Waals surface area contributed by atoms with Crippen molar-refractivity contribution in [1.82, 2.24) is 4.90 Å². The highest BCUT2D eigenvalue weighted by Crippen LogP contribution is 2.30. The van der Waals surface area contributed by atoms with Crippen LogP contribution in [0.3, 0.4) is 0 Å². The number of carbonyl (C=O) groups excluding carboxylic acids is 1. The maximum Gasteiger partial charge on any atom is 0.254 e. The number of morpholine rings is 1. The molecule has 0 aliphatic carbocycles. The molecular weight excluding hydrogens is 274 g/mol. The smallest absolute Gasteiger partial charge is 0.254 e. The summed E-state index contributed by atoms with van der Waals surface area (Å²) in [7, 11) is 0. The van der Waals surface area contributed by atoms with Gasteiger partial charge in [0.05, 0.1) is 13.2 Å². The molecule has 0 radical (unpaired) electrons. The fourth-order valence-corrected chi connectivity index (χ4v) is 2.57. The van der Waals surface area contributed by atoms with Gasteiger partial charge < -0.3 is 9.64 Å². The van der Waals surface area contributed by atoms with E-state index in [9.17, 15) is 4.79 Å². The number of carbonyl (C=O) groups is 1. The van der Waals surface area contributed by atoms with Crippen LogP contribution >= 0.6 is 0 Å². The van der Waals surface area contributed by atoms with Gasteiger partial charge in [0.25, 0.3) is 5.91 Å². The molecule has 0 aromatic heterocycles. The van der Waals surface area contributed by atoms with Gasteiger partial charge in [-0.15, -0.1) is 0 Å². The molecule has 3 nitrogen and oxygen atoms in total. The lowest BCUT2D eigenvalue weighted by Gasteiger charge is -2.29. The molecule has 0 spiro atoms. The van der Waals surface area contributed by atoms with E-state index in [1.54, 1.807) is 0 Å². The first-order valence-corrected chi connectivity index (χ1v) is 8.12. The third-order valence-electron chi connectivity index (χ3n) is 4.21. The summed E-state index contributed by atoms with van der Waals surface area (Å²) < 4.78 is 5.35. The molecule has 0 unspecified atom stereocenters.